The van der Waals surface area contributed by atoms with E-state index in [-0.39, 0.29) is 24.1 Å². The molecule has 0 bridgehead atoms. The van der Waals surface area contributed by atoms with Crippen LogP contribution in [-0.4, -0.2) is 39.0 Å². The van der Waals surface area contributed by atoms with E-state index in [9.17, 15) is 13.6 Å². The average Bonchev–Trinajstić information content (AvgIpc) is 3.51. The lowest BCUT2D eigenvalue weighted by atomic mass is 10.0. The van der Waals surface area contributed by atoms with Crippen molar-refractivity contribution in [2.24, 2.45) is 0 Å². The van der Waals surface area contributed by atoms with Crippen LogP contribution in [0.1, 0.15) is 19.9 Å². The van der Waals surface area contributed by atoms with E-state index >= 15 is 0 Å². The molecule has 3 aromatic carbocycles. The molecule has 0 atom stereocenters. The van der Waals surface area contributed by atoms with Gasteiger partial charge in [-0.25, -0.2) is 13.8 Å². The molecule has 0 unspecified atom stereocenters. The second-order valence-corrected chi connectivity index (χ2v) is 8.99. The molecule has 1 N–H and O–H groups in total. The number of nitrogens with one attached hydrogen (secondary N) is 1. The van der Waals surface area contributed by atoms with E-state index in [4.69, 9.17) is 4.74 Å². The molecule has 37 heavy (non-hydrogen) atoms. The van der Waals surface area contributed by atoms with Gasteiger partial charge >= 0.3 is 0 Å². The molecule has 9 heteroatoms. The van der Waals surface area contributed by atoms with Crippen LogP contribution < -0.4 is 5.32 Å². The van der Waals surface area contributed by atoms with E-state index in [1.807, 2.05) is 39.8 Å². The first-order valence-corrected chi connectivity index (χ1v) is 11.7. The number of carbonyl (C=O) groups excluding carboxylic acids is 1. The summed E-state index contributed by atoms with van der Waals surface area (Å²) in [5.74, 6) is -1.72. The standard InChI is InChI=1S/C28H25F2N5O2/c1-17(2)35-14-20(13-32-35)18-4-7-27-26(10-18)31-16-34(27)23-9-19(24-6-5-21(29)11-25(24)30)8-22(12-23)33-28(36)15-37-3/h4-14,16-17H,15H2,1-3H3,(H,33,36). The van der Waals surface area contributed by atoms with Gasteiger partial charge in [-0.05, 0) is 67.4 Å². The van der Waals surface area contributed by atoms with Crippen LogP contribution in [-0.2, 0) is 9.53 Å². The van der Waals surface area contributed by atoms with Gasteiger partial charge in [-0.3, -0.25) is 14.0 Å². The third-order valence-corrected chi connectivity index (χ3v) is 6.01. The van der Waals surface area contributed by atoms with Crippen LogP contribution in [0.5, 0.6) is 0 Å². The molecule has 0 radical (unpaired) electrons. The first-order valence-electron chi connectivity index (χ1n) is 11.7. The Kier molecular flexibility index (Phi) is 6.54. The van der Waals surface area contributed by atoms with Gasteiger partial charge in [0.25, 0.3) is 0 Å². The summed E-state index contributed by atoms with van der Waals surface area (Å²) in [6.07, 6.45) is 5.50. The number of amides is 1. The van der Waals surface area contributed by atoms with Gasteiger partial charge in [0.1, 0.15) is 24.6 Å². The minimum absolute atomic E-state index is 0.130. The Hall–Kier alpha value is -4.37. The summed E-state index contributed by atoms with van der Waals surface area (Å²) in [6, 6.07) is 14.8. The Balaban J connectivity index is 1.59. The number of anilines is 1. The lowest BCUT2D eigenvalue weighted by Gasteiger charge is -2.13. The highest BCUT2D eigenvalue weighted by atomic mass is 19.1. The minimum atomic E-state index is -0.701. The van der Waals surface area contributed by atoms with E-state index in [0.29, 0.717) is 16.9 Å². The van der Waals surface area contributed by atoms with Crippen LogP contribution in [0, 0.1) is 11.6 Å². The summed E-state index contributed by atoms with van der Waals surface area (Å²) in [6.45, 7) is 4.01. The van der Waals surface area contributed by atoms with E-state index in [2.05, 4.69) is 29.2 Å². The van der Waals surface area contributed by atoms with Crippen LogP contribution in [0.15, 0.2) is 73.3 Å². The maximum absolute atomic E-state index is 14.7. The topological polar surface area (TPSA) is 74.0 Å². The number of hydrogen-bond acceptors (Lipinski definition) is 4. The molecule has 188 valence electrons. The van der Waals surface area contributed by atoms with Crippen LogP contribution >= 0.6 is 0 Å². The smallest absolute Gasteiger partial charge is 0.250 e. The monoisotopic (exact) mass is 501 g/mol. The van der Waals surface area contributed by atoms with Gasteiger partial charge in [0, 0.05) is 47.9 Å². The fraction of sp³-hybridized carbons (Fsp3) is 0.179. The summed E-state index contributed by atoms with van der Waals surface area (Å²) >= 11 is 0. The molecule has 2 aromatic heterocycles. The van der Waals surface area contributed by atoms with Crippen molar-refractivity contribution < 1.29 is 18.3 Å². The first-order chi connectivity index (χ1) is 17.8. The fourth-order valence-corrected chi connectivity index (χ4v) is 4.20. The van der Waals surface area contributed by atoms with Crippen molar-refractivity contribution >= 4 is 22.6 Å². The minimum Gasteiger partial charge on any atom is -0.375 e. The SMILES string of the molecule is COCC(=O)Nc1cc(-c2ccc(F)cc2F)cc(-n2cnc3cc(-c4cnn(C(C)C)c4)ccc32)c1. The van der Waals surface area contributed by atoms with Gasteiger partial charge in [0.05, 0.1) is 17.2 Å². The molecule has 7 nitrogen and oxygen atoms in total. The number of rotatable bonds is 7. The number of nitrogens with zero attached hydrogens (tertiary/aromatic N) is 4. The first kappa shape index (κ1) is 24.3. The number of benzene rings is 3. The van der Waals surface area contributed by atoms with E-state index in [0.717, 1.165) is 28.2 Å². The van der Waals surface area contributed by atoms with Gasteiger partial charge in [0.15, 0.2) is 0 Å². The molecule has 0 saturated heterocycles. The second kappa shape index (κ2) is 9.94. The summed E-state index contributed by atoms with van der Waals surface area (Å²) in [5.41, 5.74) is 5.33. The highest BCUT2D eigenvalue weighted by molar-refractivity contribution is 5.93. The largest absolute Gasteiger partial charge is 0.375 e. The summed E-state index contributed by atoms with van der Waals surface area (Å²) in [5, 5.41) is 7.19. The van der Waals surface area contributed by atoms with Crippen molar-refractivity contribution in [3.8, 4) is 27.9 Å². The predicted octanol–water partition coefficient (Wildman–Crippen LogP) is 6.00. The third kappa shape index (κ3) is 4.99. The molecule has 0 aliphatic heterocycles. The number of hydrogen-bond donors (Lipinski definition) is 1. The van der Waals surface area contributed by atoms with Crippen LogP contribution in [0.2, 0.25) is 0 Å². The summed E-state index contributed by atoms with van der Waals surface area (Å²) in [7, 11) is 1.43. The van der Waals surface area contributed by atoms with Crippen molar-refractivity contribution in [2.75, 3.05) is 19.0 Å². The molecule has 0 saturated carbocycles. The van der Waals surface area contributed by atoms with Gasteiger partial charge in [-0.2, -0.15) is 5.10 Å². The van der Waals surface area contributed by atoms with Crippen molar-refractivity contribution in [1.29, 1.82) is 0 Å². The molecule has 0 aliphatic carbocycles. The Morgan fingerprint density at radius 2 is 1.86 bits per heavy atom. The molecule has 5 rings (SSSR count). The van der Waals surface area contributed by atoms with Crippen molar-refractivity contribution in [3.63, 3.8) is 0 Å². The van der Waals surface area contributed by atoms with E-state index in [1.54, 1.807) is 24.5 Å². The summed E-state index contributed by atoms with van der Waals surface area (Å²) in [4.78, 5) is 16.8. The molecule has 1 amide bonds. The lowest BCUT2D eigenvalue weighted by molar-refractivity contribution is -0.119. The number of fused-ring (bicyclic) bond motifs is 1. The highest BCUT2D eigenvalue weighted by Gasteiger charge is 2.14. The maximum Gasteiger partial charge on any atom is 0.250 e. The highest BCUT2D eigenvalue weighted by Crippen LogP contribution is 2.31. The number of aromatic nitrogens is 4. The van der Waals surface area contributed by atoms with Crippen LogP contribution in [0.25, 0.3) is 39.0 Å². The normalized spacial score (nSPS) is 11.4. The molecule has 0 spiro atoms. The van der Waals surface area contributed by atoms with Crippen LogP contribution in [0.4, 0.5) is 14.5 Å². The van der Waals surface area contributed by atoms with Gasteiger partial charge in [-0.15, -0.1) is 0 Å². The number of imidazole rings is 1. The summed E-state index contributed by atoms with van der Waals surface area (Å²) < 4.78 is 36.9. The number of carbonyl (C=O) groups is 1. The van der Waals surface area contributed by atoms with Crippen LogP contribution in [0.3, 0.4) is 0 Å². The van der Waals surface area contributed by atoms with E-state index < -0.39 is 11.6 Å². The molecular formula is C28H25F2N5O2. The van der Waals surface area contributed by atoms with E-state index in [1.165, 1.54) is 19.2 Å². The Labute approximate surface area is 212 Å². The van der Waals surface area contributed by atoms with Crippen molar-refractivity contribution in [1.82, 2.24) is 19.3 Å². The second-order valence-electron chi connectivity index (χ2n) is 8.99. The average molecular weight is 502 g/mol. The molecule has 0 fully saturated rings. The lowest BCUT2D eigenvalue weighted by Crippen LogP contribution is -2.17. The fourth-order valence-electron chi connectivity index (χ4n) is 4.20. The van der Waals surface area contributed by atoms with Gasteiger partial charge < -0.3 is 10.1 Å². The zero-order chi connectivity index (χ0) is 26.1. The Bertz CT molecular complexity index is 1610. The quantitative estimate of drug-likeness (QED) is 0.297. The molecular weight excluding hydrogens is 476 g/mol. The van der Waals surface area contributed by atoms with Gasteiger partial charge in [0.2, 0.25) is 5.91 Å². The molecule has 5 aromatic rings. The number of methoxy groups -OCH3 is 1. The number of halogens is 2. The van der Waals surface area contributed by atoms with Crippen molar-refractivity contribution in [2.45, 2.75) is 19.9 Å². The number of ether oxygens (including phenoxy) is 1. The zero-order valence-corrected chi connectivity index (χ0v) is 20.6. The van der Waals surface area contributed by atoms with Crippen molar-refractivity contribution in [3.05, 3.63) is 85.0 Å². The molecule has 2 heterocycles. The zero-order valence-electron chi connectivity index (χ0n) is 20.6. The third-order valence-electron chi connectivity index (χ3n) is 6.01. The maximum atomic E-state index is 14.7. The Morgan fingerprint density at radius 3 is 2.59 bits per heavy atom. The van der Waals surface area contributed by atoms with Gasteiger partial charge in [-0.1, -0.05) is 6.07 Å². The Morgan fingerprint density at radius 1 is 1.03 bits per heavy atom. The predicted molar refractivity (Wildman–Crippen MR) is 139 cm³/mol. The molecule has 0 aliphatic rings.